The number of nitrogens with zero attached hydrogens (tertiary/aromatic N) is 1. The van der Waals surface area contributed by atoms with Crippen molar-refractivity contribution in [1.29, 1.82) is 0 Å². The standard InChI is InChI=1S/C24H37N3O2/c1-18-3-9-22(10-4-18)24(29)26-16-21-7-5-20(6-8-21)15-25-23(28)17-27-13-11-19(2)12-14-27/h5-8,18-19,22H,3-4,9-17H2,1-2H3,(H,25,28)(H,26,29). The maximum absolute atomic E-state index is 12.3. The van der Waals surface area contributed by atoms with Crippen LogP contribution < -0.4 is 10.6 Å². The minimum absolute atomic E-state index is 0.0951. The van der Waals surface area contributed by atoms with E-state index in [4.69, 9.17) is 0 Å². The number of carbonyl (C=O) groups excluding carboxylic acids is 2. The van der Waals surface area contributed by atoms with Gasteiger partial charge in [-0.3, -0.25) is 14.5 Å². The fraction of sp³-hybridized carbons (Fsp3) is 0.667. The highest BCUT2D eigenvalue weighted by molar-refractivity contribution is 5.78. The van der Waals surface area contributed by atoms with Gasteiger partial charge in [0.1, 0.15) is 0 Å². The summed E-state index contributed by atoms with van der Waals surface area (Å²) in [5.41, 5.74) is 2.18. The predicted molar refractivity (Wildman–Crippen MR) is 116 cm³/mol. The summed E-state index contributed by atoms with van der Waals surface area (Å²) in [6.07, 6.45) is 6.73. The smallest absolute Gasteiger partial charge is 0.234 e. The lowest BCUT2D eigenvalue weighted by Crippen LogP contribution is -2.41. The summed E-state index contributed by atoms with van der Waals surface area (Å²) in [7, 11) is 0. The van der Waals surface area contributed by atoms with Gasteiger partial charge in [-0.25, -0.2) is 0 Å². The van der Waals surface area contributed by atoms with Crippen molar-refractivity contribution >= 4 is 11.8 Å². The van der Waals surface area contributed by atoms with Crippen molar-refractivity contribution < 1.29 is 9.59 Å². The van der Waals surface area contributed by atoms with Gasteiger partial charge in [0.2, 0.25) is 11.8 Å². The van der Waals surface area contributed by atoms with Gasteiger partial charge in [-0.2, -0.15) is 0 Å². The molecule has 2 fully saturated rings. The Balaban J connectivity index is 1.35. The first kappa shape index (κ1) is 21.8. The molecule has 29 heavy (non-hydrogen) atoms. The molecule has 2 amide bonds. The van der Waals surface area contributed by atoms with Crippen molar-refractivity contribution in [1.82, 2.24) is 15.5 Å². The SMILES string of the molecule is CC1CCC(C(=O)NCc2ccc(CNC(=O)CN3CCC(C)CC3)cc2)CC1. The number of hydrogen-bond donors (Lipinski definition) is 2. The third kappa shape index (κ3) is 7.14. The number of benzene rings is 1. The largest absolute Gasteiger partial charge is 0.352 e. The Bertz CT molecular complexity index is 657. The van der Waals surface area contributed by atoms with Crippen LogP contribution in [0.5, 0.6) is 0 Å². The van der Waals surface area contributed by atoms with Crippen LogP contribution in [0.2, 0.25) is 0 Å². The van der Waals surface area contributed by atoms with Crippen LogP contribution in [0.1, 0.15) is 63.5 Å². The minimum Gasteiger partial charge on any atom is -0.352 e. The molecule has 5 nitrogen and oxygen atoms in total. The Morgan fingerprint density at radius 2 is 1.34 bits per heavy atom. The average Bonchev–Trinajstić information content (AvgIpc) is 2.73. The number of rotatable bonds is 7. The molecule has 2 aliphatic rings. The van der Waals surface area contributed by atoms with Gasteiger partial charge in [0, 0.05) is 19.0 Å². The van der Waals surface area contributed by atoms with Gasteiger partial charge in [-0.1, -0.05) is 38.1 Å². The molecule has 0 radical (unpaired) electrons. The fourth-order valence-corrected chi connectivity index (χ4v) is 4.31. The summed E-state index contributed by atoms with van der Waals surface area (Å²) in [4.78, 5) is 26.8. The summed E-state index contributed by atoms with van der Waals surface area (Å²) in [6, 6.07) is 8.15. The lowest BCUT2D eigenvalue weighted by Gasteiger charge is -2.29. The molecule has 0 atom stereocenters. The lowest BCUT2D eigenvalue weighted by atomic mass is 9.82. The quantitative estimate of drug-likeness (QED) is 0.738. The van der Waals surface area contributed by atoms with Crippen LogP contribution in [0.4, 0.5) is 0 Å². The normalized spacial score (nSPS) is 23.5. The maximum atomic E-state index is 12.3. The molecule has 1 aromatic rings. The Hall–Kier alpha value is -1.88. The monoisotopic (exact) mass is 399 g/mol. The molecule has 160 valence electrons. The van der Waals surface area contributed by atoms with E-state index in [1.54, 1.807) is 0 Å². The fourth-order valence-electron chi connectivity index (χ4n) is 4.31. The summed E-state index contributed by atoms with van der Waals surface area (Å²) in [5.74, 6) is 2.02. The Morgan fingerprint density at radius 1 is 0.828 bits per heavy atom. The second kappa shape index (κ2) is 10.8. The average molecular weight is 400 g/mol. The Labute approximate surface area is 175 Å². The van der Waals surface area contributed by atoms with E-state index in [2.05, 4.69) is 29.4 Å². The van der Waals surface area contributed by atoms with Crippen LogP contribution in [-0.4, -0.2) is 36.3 Å². The van der Waals surface area contributed by atoms with Gasteiger partial charge in [-0.15, -0.1) is 0 Å². The number of carbonyl (C=O) groups is 2. The molecule has 0 aromatic heterocycles. The van der Waals surface area contributed by atoms with Crippen molar-refractivity contribution in [3.8, 4) is 0 Å². The molecule has 1 aliphatic heterocycles. The van der Waals surface area contributed by atoms with Crippen LogP contribution >= 0.6 is 0 Å². The van der Waals surface area contributed by atoms with Crippen LogP contribution in [-0.2, 0) is 22.7 Å². The van der Waals surface area contributed by atoms with Crippen molar-refractivity contribution in [2.45, 2.75) is 65.5 Å². The Kier molecular flexibility index (Phi) is 8.10. The highest BCUT2D eigenvalue weighted by Gasteiger charge is 2.24. The van der Waals surface area contributed by atoms with Crippen LogP contribution in [0.25, 0.3) is 0 Å². The van der Waals surface area contributed by atoms with E-state index < -0.39 is 0 Å². The van der Waals surface area contributed by atoms with Gasteiger partial charge >= 0.3 is 0 Å². The minimum atomic E-state index is 0.0951. The van der Waals surface area contributed by atoms with Gasteiger partial charge in [0.25, 0.3) is 0 Å². The van der Waals surface area contributed by atoms with E-state index in [-0.39, 0.29) is 17.7 Å². The first-order chi connectivity index (χ1) is 14.0. The highest BCUT2D eigenvalue weighted by atomic mass is 16.2. The van der Waals surface area contributed by atoms with Gasteiger partial charge < -0.3 is 10.6 Å². The lowest BCUT2D eigenvalue weighted by molar-refractivity contribution is -0.126. The zero-order valence-electron chi connectivity index (χ0n) is 18.1. The predicted octanol–water partition coefficient (Wildman–Crippen LogP) is 3.48. The second-order valence-corrected chi connectivity index (χ2v) is 9.23. The molecule has 1 saturated heterocycles. The van der Waals surface area contributed by atoms with Crippen molar-refractivity contribution in [3.05, 3.63) is 35.4 Å². The molecule has 0 unspecified atom stereocenters. The summed E-state index contributed by atoms with van der Waals surface area (Å²) >= 11 is 0. The molecule has 2 N–H and O–H groups in total. The molecule has 3 rings (SSSR count). The molecule has 1 aromatic carbocycles. The molecular formula is C24H37N3O2. The van der Waals surface area contributed by atoms with Crippen LogP contribution in [0.3, 0.4) is 0 Å². The van der Waals surface area contributed by atoms with Crippen molar-refractivity contribution in [2.24, 2.45) is 17.8 Å². The molecular weight excluding hydrogens is 362 g/mol. The van der Waals surface area contributed by atoms with E-state index in [1.807, 2.05) is 24.3 Å². The van der Waals surface area contributed by atoms with Gasteiger partial charge in [0.05, 0.1) is 6.54 Å². The summed E-state index contributed by atoms with van der Waals surface area (Å²) in [5, 5.41) is 6.11. The van der Waals surface area contributed by atoms with Crippen molar-refractivity contribution in [3.63, 3.8) is 0 Å². The van der Waals surface area contributed by atoms with E-state index in [0.29, 0.717) is 19.6 Å². The molecule has 1 heterocycles. The van der Waals surface area contributed by atoms with E-state index in [1.165, 1.54) is 12.8 Å². The molecule has 0 spiro atoms. The zero-order chi connectivity index (χ0) is 20.6. The van der Waals surface area contributed by atoms with Crippen LogP contribution in [0.15, 0.2) is 24.3 Å². The summed E-state index contributed by atoms with van der Waals surface area (Å²) in [6.45, 7) is 8.22. The third-order valence-electron chi connectivity index (χ3n) is 6.61. The molecule has 0 bridgehead atoms. The van der Waals surface area contributed by atoms with Crippen molar-refractivity contribution in [2.75, 3.05) is 19.6 Å². The highest BCUT2D eigenvalue weighted by Crippen LogP contribution is 2.28. The molecule has 1 aliphatic carbocycles. The number of piperidine rings is 1. The van der Waals surface area contributed by atoms with E-state index in [9.17, 15) is 9.59 Å². The van der Waals surface area contributed by atoms with Gasteiger partial charge in [-0.05, 0) is 74.6 Å². The first-order valence-corrected chi connectivity index (χ1v) is 11.3. The second-order valence-electron chi connectivity index (χ2n) is 9.23. The number of likely N-dealkylation sites (tertiary alicyclic amines) is 1. The third-order valence-corrected chi connectivity index (χ3v) is 6.61. The van der Waals surface area contributed by atoms with Crippen LogP contribution in [0, 0.1) is 17.8 Å². The number of amides is 2. The van der Waals surface area contributed by atoms with E-state index in [0.717, 1.165) is 61.7 Å². The zero-order valence-corrected chi connectivity index (χ0v) is 18.1. The van der Waals surface area contributed by atoms with Gasteiger partial charge in [0.15, 0.2) is 0 Å². The van der Waals surface area contributed by atoms with E-state index >= 15 is 0 Å². The number of hydrogen-bond acceptors (Lipinski definition) is 3. The maximum Gasteiger partial charge on any atom is 0.234 e. The summed E-state index contributed by atoms with van der Waals surface area (Å²) < 4.78 is 0. The molecule has 5 heteroatoms. The Morgan fingerprint density at radius 3 is 1.93 bits per heavy atom. The topological polar surface area (TPSA) is 61.4 Å². The molecule has 1 saturated carbocycles. The first-order valence-electron chi connectivity index (χ1n) is 11.3. The number of nitrogens with one attached hydrogen (secondary N) is 2.